The minimum absolute atomic E-state index is 0.256. The van der Waals surface area contributed by atoms with E-state index in [1.54, 1.807) is 0 Å². The van der Waals surface area contributed by atoms with Crippen LogP contribution < -0.4 is 0 Å². The summed E-state index contributed by atoms with van der Waals surface area (Å²) in [6, 6.07) is 6.55. The topological polar surface area (TPSA) is 31.2 Å². The Kier molecular flexibility index (Phi) is 4.23. The number of esters is 1. The molecule has 1 aliphatic carbocycles. The van der Waals surface area contributed by atoms with E-state index in [4.69, 9.17) is 4.74 Å². The summed E-state index contributed by atoms with van der Waals surface area (Å²) in [7, 11) is 1.44. The predicted octanol–water partition coefficient (Wildman–Crippen LogP) is 4.80. The number of hydrogen-bond acceptors (Lipinski definition) is 2. The second-order valence-electron chi connectivity index (χ2n) is 6.31. The maximum absolute atomic E-state index is 11.9. The molecule has 0 radical (unpaired) electrons. The van der Waals surface area contributed by atoms with Gasteiger partial charge in [-0.2, -0.15) is 0 Å². The molecule has 3 heteroatoms. The molecule has 0 spiro atoms. The van der Waals surface area contributed by atoms with Crippen molar-refractivity contribution in [3.05, 3.63) is 35.0 Å². The van der Waals surface area contributed by atoms with Crippen LogP contribution in [0.4, 0.5) is 0 Å². The fourth-order valence-corrected chi connectivity index (χ4v) is 3.97. The summed E-state index contributed by atoms with van der Waals surface area (Å²) in [5, 5.41) is 1.27. The third-order valence-electron chi connectivity index (χ3n) is 5.08. The number of benzene rings is 1. The fourth-order valence-electron chi connectivity index (χ4n) is 3.97. The Morgan fingerprint density at radius 1 is 1.27 bits per heavy atom. The van der Waals surface area contributed by atoms with Gasteiger partial charge >= 0.3 is 5.97 Å². The van der Waals surface area contributed by atoms with Gasteiger partial charge < -0.3 is 9.30 Å². The van der Waals surface area contributed by atoms with Gasteiger partial charge in [0, 0.05) is 22.6 Å². The quantitative estimate of drug-likeness (QED) is 0.762. The largest absolute Gasteiger partial charge is 0.465 e. The molecule has 22 heavy (non-hydrogen) atoms. The average molecular weight is 299 g/mol. The third-order valence-corrected chi connectivity index (χ3v) is 5.08. The highest BCUT2D eigenvalue weighted by atomic mass is 16.5. The molecule has 0 unspecified atom stereocenters. The van der Waals surface area contributed by atoms with Crippen LogP contribution in [0.25, 0.3) is 10.9 Å². The Bertz CT molecular complexity index is 693. The minimum Gasteiger partial charge on any atom is -0.465 e. The molecular weight excluding hydrogens is 274 g/mol. The second kappa shape index (κ2) is 6.15. The van der Waals surface area contributed by atoms with Crippen molar-refractivity contribution < 1.29 is 9.53 Å². The van der Waals surface area contributed by atoms with E-state index >= 15 is 0 Å². The number of fused-ring (bicyclic) bond motifs is 1. The van der Waals surface area contributed by atoms with Gasteiger partial charge in [0.2, 0.25) is 0 Å². The van der Waals surface area contributed by atoms with E-state index in [2.05, 4.69) is 24.5 Å². The molecule has 1 aliphatic rings. The Hall–Kier alpha value is -1.77. The Morgan fingerprint density at radius 3 is 2.64 bits per heavy atom. The van der Waals surface area contributed by atoms with E-state index in [-0.39, 0.29) is 5.97 Å². The van der Waals surface area contributed by atoms with Crippen LogP contribution in [0.15, 0.2) is 18.2 Å². The zero-order valence-corrected chi connectivity index (χ0v) is 13.8. The van der Waals surface area contributed by atoms with Crippen LogP contribution >= 0.6 is 0 Å². The molecule has 2 aromatic rings. The highest BCUT2D eigenvalue weighted by Gasteiger charge is 2.22. The highest BCUT2D eigenvalue weighted by molar-refractivity contribution is 5.96. The standard InChI is InChI=1S/C19H25NO2/c1-4-17-13(2)16-11-10-14(19(21)22-3)12-18(16)20(17)15-8-6-5-7-9-15/h10-12,15H,4-9H2,1-3H3. The van der Waals surface area contributed by atoms with Gasteiger partial charge in [-0.05, 0) is 43.9 Å². The SMILES string of the molecule is CCc1c(C)c2ccc(C(=O)OC)cc2n1C1CCCCC1. The first-order valence-corrected chi connectivity index (χ1v) is 8.39. The lowest BCUT2D eigenvalue weighted by molar-refractivity contribution is 0.0601. The first-order chi connectivity index (χ1) is 10.7. The van der Waals surface area contributed by atoms with Crippen LogP contribution in [0.1, 0.15) is 66.7 Å². The van der Waals surface area contributed by atoms with Crippen molar-refractivity contribution in [2.24, 2.45) is 0 Å². The van der Waals surface area contributed by atoms with Crippen molar-refractivity contribution in [1.29, 1.82) is 0 Å². The Balaban J connectivity index is 2.19. The van der Waals surface area contributed by atoms with Crippen LogP contribution in [0.5, 0.6) is 0 Å². The lowest BCUT2D eigenvalue weighted by Gasteiger charge is -2.26. The summed E-state index contributed by atoms with van der Waals surface area (Å²) in [5.74, 6) is -0.256. The summed E-state index contributed by atoms with van der Waals surface area (Å²) in [6.07, 6.45) is 7.50. The first-order valence-electron chi connectivity index (χ1n) is 8.39. The van der Waals surface area contributed by atoms with Gasteiger partial charge in [0.15, 0.2) is 0 Å². The lowest BCUT2D eigenvalue weighted by Crippen LogP contribution is -2.15. The van der Waals surface area contributed by atoms with Crippen molar-refractivity contribution in [3.8, 4) is 0 Å². The van der Waals surface area contributed by atoms with Gasteiger partial charge in [-0.15, -0.1) is 0 Å². The molecule has 1 heterocycles. The van der Waals surface area contributed by atoms with E-state index < -0.39 is 0 Å². The number of methoxy groups -OCH3 is 1. The van der Waals surface area contributed by atoms with Crippen molar-refractivity contribution in [2.45, 2.75) is 58.4 Å². The predicted molar refractivity (Wildman–Crippen MR) is 89.5 cm³/mol. The highest BCUT2D eigenvalue weighted by Crippen LogP contribution is 2.36. The monoisotopic (exact) mass is 299 g/mol. The normalized spacial score (nSPS) is 16.1. The molecule has 1 fully saturated rings. The number of aromatic nitrogens is 1. The fraction of sp³-hybridized carbons (Fsp3) is 0.526. The first kappa shape index (κ1) is 15.1. The van der Waals surface area contributed by atoms with Crippen molar-refractivity contribution in [2.75, 3.05) is 7.11 Å². The maximum Gasteiger partial charge on any atom is 0.337 e. The summed E-state index contributed by atoms with van der Waals surface area (Å²) in [6.45, 7) is 4.43. The molecule has 0 amide bonds. The maximum atomic E-state index is 11.9. The van der Waals surface area contributed by atoms with Gasteiger partial charge in [-0.1, -0.05) is 32.3 Å². The zero-order valence-electron chi connectivity index (χ0n) is 13.8. The van der Waals surface area contributed by atoms with Crippen LogP contribution in [0.2, 0.25) is 0 Å². The van der Waals surface area contributed by atoms with Gasteiger partial charge in [0.25, 0.3) is 0 Å². The number of nitrogens with zero attached hydrogens (tertiary/aromatic N) is 1. The molecule has 0 aliphatic heterocycles. The molecule has 1 aromatic carbocycles. The van der Waals surface area contributed by atoms with E-state index in [0.717, 1.165) is 6.42 Å². The van der Waals surface area contributed by atoms with E-state index in [0.29, 0.717) is 11.6 Å². The number of carbonyl (C=O) groups is 1. The lowest BCUT2D eigenvalue weighted by atomic mass is 9.95. The molecular formula is C19H25NO2. The van der Waals surface area contributed by atoms with Gasteiger partial charge in [-0.25, -0.2) is 4.79 Å². The molecule has 118 valence electrons. The molecule has 3 rings (SSSR count). The van der Waals surface area contributed by atoms with Crippen LogP contribution in [0.3, 0.4) is 0 Å². The molecule has 0 N–H and O–H groups in total. The smallest absolute Gasteiger partial charge is 0.337 e. The van der Waals surface area contributed by atoms with Gasteiger partial charge in [0.1, 0.15) is 0 Å². The van der Waals surface area contributed by atoms with Crippen LogP contribution in [-0.4, -0.2) is 17.6 Å². The number of rotatable bonds is 3. The number of carbonyl (C=O) groups excluding carboxylic acids is 1. The number of hydrogen-bond donors (Lipinski definition) is 0. The molecule has 0 atom stereocenters. The zero-order chi connectivity index (χ0) is 15.7. The average Bonchev–Trinajstić information content (AvgIpc) is 2.86. The number of ether oxygens (including phenoxy) is 1. The second-order valence-corrected chi connectivity index (χ2v) is 6.31. The summed E-state index contributed by atoms with van der Waals surface area (Å²) >= 11 is 0. The van der Waals surface area contributed by atoms with Crippen molar-refractivity contribution >= 4 is 16.9 Å². The molecule has 0 bridgehead atoms. The Morgan fingerprint density at radius 2 is 2.00 bits per heavy atom. The van der Waals surface area contributed by atoms with E-state index in [1.807, 2.05) is 12.1 Å². The number of aryl methyl sites for hydroxylation is 1. The van der Waals surface area contributed by atoms with Gasteiger partial charge in [-0.3, -0.25) is 0 Å². The molecule has 0 saturated heterocycles. The molecule has 1 saturated carbocycles. The van der Waals surface area contributed by atoms with Crippen molar-refractivity contribution in [1.82, 2.24) is 4.57 Å². The van der Waals surface area contributed by atoms with Crippen LogP contribution in [-0.2, 0) is 11.2 Å². The minimum atomic E-state index is -0.256. The summed E-state index contributed by atoms with van der Waals surface area (Å²) < 4.78 is 7.40. The van der Waals surface area contributed by atoms with Crippen molar-refractivity contribution in [3.63, 3.8) is 0 Å². The van der Waals surface area contributed by atoms with E-state index in [9.17, 15) is 4.79 Å². The third kappa shape index (κ3) is 2.43. The molecule has 1 aromatic heterocycles. The summed E-state index contributed by atoms with van der Waals surface area (Å²) in [4.78, 5) is 11.9. The van der Waals surface area contributed by atoms with Crippen LogP contribution in [0, 0.1) is 6.92 Å². The Labute approximate surface area is 132 Å². The van der Waals surface area contributed by atoms with Gasteiger partial charge in [0.05, 0.1) is 12.7 Å². The molecule has 3 nitrogen and oxygen atoms in total. The van der Waals surface area contributed by atoms with E-state index in [1.165, 1.54) is 61.4 Å². The summed E-state index contributed by atoms with van der Waals surface area (Å²) in [5.41, 5.74) is 4.62.